The fourth-order valence-corrected chi connectivity index (χ4v) is 2.45. The molecule has 6 heteroatoms. The summed E-state index contributed by atoms with van der Waals surface area (Å²) in [6, 6.07) is 8.28. The molecule has 0 radical (unpaired) electrons. The van der Waals surface area contributed by atoms with E-state index in [1.165, 1.54) is 0 Å². The molecule has 0 unspecified atom stereocenters. The Morgan fingerprint density at radius 2 is 1.90 bits per heavy atom. The monoisotopic (exact) mass is 289 g/mol. The molecule has 2 rings (SSSR count). The number of carbonyl (C=O) groups is 3. The molecule has 1 fully saturated rings. The number of nitrogens with zero attached hydrogens (tertiary/aromatic N) is 1. The minimum absolute atomic E-state index is 0.0324. The first-order valence-electron chi connectivity index (χ1n) is 6.98. The first-order chi connectivity index (χ1) is 10.1. The highest BCUT2D eigenvalue weighted by Gasteiger charge is 2.26. The molecule has 1 aromatic rings. The number of Topliss-reactive ketones (excluding diaryl/α,β-unsaturated/α-hetero) is 1. The zero-order valence-corrected chi connectivity index (χ0v) is 11.7. The number of nitrogens with two attached hydrogens (primary N) is 1. The van der Waals surface area contributed by atoms with Crippen LogP contribution in [-0.4, -0.2) is 41.8 Å². The van der Waals surface area contributed by atoms with Crippen LogP contribution >= 0.6 is 0 Å². The zero-order valence-electron chi connectivity index (χ0n) is 11.7. The fourth-order valence-electron chi connectivity index (χ4n) is 2.45. The van der Waals surface area contributed by atoms with Crippen LogP contribution in [0, 0.1) is 0 Å². The Hall–Kier alpha value is -2.37. The van der Waals surface area contributed by atoms with Gasteiger partial charge in [0, 0.05) is 37.5 Å². The van der Waals surface area contributed by atoms with Crippen molar-refractivity contribution >= 4 is 17.7 Å². The van der Waals surface area contributed by atoms with E-state index in [9.17, 15) is 14.4 Å². The van der Waals surface area contributed by atoms with Crippen molar-refractivity contribution in [3.8, 4) is 0 Å². The van der Waals surface area contributed by atoms with Gasteiger partial charge in [0.25, 0.3) is 0 Å². The third-order valence-corrected chi connectivity index (χ3v) is 3.55. The van der Waals surface area contributed by atoms with Crippen LogP contribution in [0.15, 0.2) is 30.3 Å². The van der Waals surface area contributed by atoms with Crippen LogP contribution in [0.1, 0.15) is 29.6 Å². The number of hydrogen-bond acceptors (Lipinski definition) is 3. The van der Waals surface area contributed by atoms with Crippen molar-refractivity contribution in [2.75, 3.05) is 13.1 Å². The molecule has 21 heavy (non-hydrogen) atoms. The molecule has 1 saturated heterocycles. The van der Waals surface area contributed by atoms with Crippen molar-refractivity contribution in [2.24, 2.45) is 5.73 Å². The minimum atomic E-state index is -0.575. The summed E-state index contributed by atoms with van der Waals surface area (Å²) >= 11 is 0. The second-order valence-electron chi connectivity index (χ2n) is 5.12. The molecule has 0 bridgehead atoms. The number of rotatable bonds is 5. The van der Waals surface area contributed by atoms with Gasteiger partial charge < -0.3 is 16.0 Å². The molecule has 112 valence electrons. The number of amides is 3. The molecule has 0 spiro atoms. The van der Waals surface area contributed by atoms with Gasteiger partial charge in [0.15, 0.2) is 5.78 Å². The fraction of sp³-hybridized carbons (Fsp3) is 0.400. The summed E-state index contributed by atoms with van der Waals surface area (Å²) in [5.74, 6) is -0.0944. The van der Waals surface area contributed by atoms with Gasteiger partial charge in [-0.2, -0.15) is 0 Å². The highest BCUT2D eigenvalue weighted by Crippen LogP contribution is 2.12. The van der Waals surface area contributed by atoms with E-state index in [-0.39, 0.29) is 30.6 Å². The van der Waals surface area contributed by atoms with Crippen molar-refractivity contribution in [3.05, 3.63) is 35.9 Å². The Balaban J connectivity index is 1.78. The summed E-state index contributed by atoms with van der Waals surface area (Å²) < 4.78 is 0. The molecule has 1 aliphatic rings. The van der Waals surface area contributed by atoms with Gasteiger partial charge >= 0.3 is 6.03 Å². The predicted molar refractivity (Wildman–Crippen MR) is 77.7 cm³/mol. The van der Waals surface area contributed by atoms with Crippen LogP contribution in [0.25, 0.3) is 0 Å². The molecule has 1 aliphatic heterocycles. The molecule has 0 aromatic heterocycles. The normalized spacial score (nSPS) is 17.5. The van der Waals surface area contributed by atoms with Crippen LogP contribution in [0.2, 0.25) is 0 Å². The maximum atomic E-state index is 12.0. The number of ketones is 1. The first kappa shape index (κ1) is 15.0. The van der Waals surface area contributed by atoms with Gasteiger partial charge in [-0.15, -0.1) is 0 Å². The largest absolute Gasteiger partial charge is 0.352 e. The van der Waals surface area contributed by atoms with Gasteiger partial charge in [0.05, 0.1) is 0 Å². The Bertz CT molecular complexity index is 530. The van der Waals surface area contributed by atoms with E-state index >= 15 is 0 Å². The molecular formula is C15H19N3O3. The summed E-state index contributed by atoms with van der Waals surface area (Å²) in [7, 11) is 0. The second kappa shape index (κ2) is 6.88. The smallest absolute Gasteiger partial charge is 0.312 e. The number of nitrogens with one attached hydrogen (secondary N) is 1. The second-order valence-corrected chi connectivity index (χ2v) is 5.12. The lowest BCUT2D eigenvalue weighted by Crippen LogP contribution is -2.41. The van der Waals surface area contributed by atoms with Crippen LogP contribution < -0.4 is 11.1 Å². The predicted octanol–water partition coefficient (Wildman–Crippen LogP) is 0.919. The molecule has 0 saturated carbocycles. The summed E-state index contributed by atoms with van der Waals surface area (Å²) in [6.07, 6.45) is 1.09. The van der Waals surface area contributed by atoms with Crippen molar-refractivity contribution in [3.63, 3.8) is 0 Å². The Kier molecular flexibility index (Phi) is 4.92. The summed E-state index contributed by atoms with van der Waals surface area (Å²) in [4.78, 5) is 36.4. The summed E-state index contributed by atoms with van der Waals surface area (Å²) in [6.45, 7) is 1.05. The van der Waals surface area contributed by atoms with Crippen LogP contribution in [-0.2, 0) is 4.79 Å². The van der Waals surface area contributed by atoms with E-state index in [1.54, 1.807) is 29.2 Å². The van der Waals surface area contributed by atoms with Crippen molar-refractivity contribution in [1.82, 2.24) is 10.2 Å². The Labute approximate surface area is 123 Å². The lowest BCUT2D eigenvalue weighted by Gasteiger charge is -2.16. The third kappa shape index (κ3) is 4.30. The van der Waals surface area contributed by atoms with Gasteiger partial charge in [0.2, 0.25) is 5.91 Å². The first-order valence-corrected chi connectivity index (χ1v) is 6.98. The van der Waals surface area contributed by atoms with Crippen LogP contribution in [0.5, 0.6) is 0 Å². The lowest BCUT2D eigenvalue weighted by atomic mass is 10.1. The highest BCUT2D eigenvalue weighted by atomic mass is 16.2. The lowest BCUT2D eigenvalue weighted by molar-refractivity contribution is -0.130. The standard InChI is InChI=1S/C15H19N3O3/c16-15(21)17-12-8-9-18(10-12)14(20)7-6-13(19)11-4-2-1-3-5-11/h1-5,12H,6-10H2,(H3,16,17,21)/t12-/m0/s1. The Morgan fingerprint density at radius 1 is 1.19 bits per heavy atom. The Morgan fingerprint density at radius 3 is 2.57 bits per heavy atom. The number of urea groups is 1. The quantitative estimate of drug-likeness (QED) is 0.789. The van der Waals surface area contributed by atoms with Gasteiger partial charge in [-0.05, 0) is 6.42 Å². The molecule has 0 aliphatic carbocycles. The van der Waals surface area contributed by atoms with Gasteiger partial charge in [0.1, 0.15) is 0 Å². The van der Waals surface area contributed by atoms with Crippen LogP contribution in [0.4, 0.5) is 4.79 Å². The van der Waals surface area contributed by atoms with Crippen molar-refractivity contribution in [1.29, 1.82) is 0 Å². The minimum Gasteiger partial charge on any atom is -0.352 e. The van der Waals surface area contributed by atoms with Crippen molar-refractivity contribution < 1.29 is 14.4 Å². The number of benzene rings is 1. The number of primary amides is 1. The average molecular weight is 289 g/mol. The maximum absolute atomic E-state index is 12.0. The van der Waals surface area contributed by atoms with E-state index in [0.717, 1.165) is 0 Å². The number of hydrogen-bond donors (Lipinski definition) is 2. The van der Waals surface area contributed by atoms with Gasteiger partial charge in [-0.25, -0.2) is 4.79 Å². The molecule has 1 aromatic carbocycles. The van der Waals surface area contributed by atoms with E-state index < -0.39 is 6.03 Å². The van der Waals surface area contributed by atoms with E-state index in [0.29, 0.717) is 25.1 Å². The third-order valence-electron chi connectivity index (χ3n) is 3.55. The maximum Gasteiger partial charge on any atom is 0.312 e. The molecular weight excluding hydrogens is 270 g/mol. The van der Waals surface area contributed by atoms with E-state index in [1.807, 2.05) is 6.07 Å². The molecule has 3 amide bonds. The highest BCUT2D eigenvalue weighted by molar-refractivity contribution is 5.97. The van der Waals surface area contributed by atoms with Crippen molar-refractivity contribution in [2.45, 2.75) is 25.3 Å². The van der Waals surface area contributed by atoms with Gasteiger partial charge in [-0.1, -0.05) is 30.3 Å². The molecule has 6 nitrogen and oxygen atoms in total. The average Bonchev–Trinajstić information content (AvgIpc) is 2.93. The number of likely N-dealkylation sites (tertiary alicyclic amines) is 1. The SMILES string of the molecule is NC(=O)N[C@H]1CCN(C(=O)CCC(=O)c2ccccc2)C1. The van der Waals surface area contributed by atoms with E-state index in [4.69, 9.17) is 5.73 Å². The molecule has 1 heterocycles. The molecule has 3 N–H and O–H groups in total. The summed E-state index contributed by atoms with van der Waals surface area (Å²) in [5.41, 5.74) is 5.68. The summed E-state index contributed by atoms with van der Waals surface area (Å²) in [5, 5.41) is 2.60. The van der Waals surface area contributed by atoms with Crippen LogP contribution in [0.3, 0.4) is 0 Å². The number of carbonyl (C=O) groups excluding carboxylic acids is 3. The molecule has 1 atom stereocenters. The van der Waals surface area contributed by atoms with E-state index in [2.05, 4.69) is 5.32 Å². The zero-order chi connectivity index (χ0) is 15.2. The van der Waals surface area contributed by atoms with Gasteiger partial charge in [-0.3, -0.25) is 9.59 Å². The topological polar surface area (TPSA) is 92.5 Å².